The van der Waals surface area contributed by atoms with Crippen LogP contribution in [0.25, 0.3) is 11.0 Å². The first-order valence-corrected chi connectivity index (χ1v) is 11.7. The van der Waals surface area contributed by atoms with Crippen molar-refractivity contribution in [2.24, 2.45) is 0 Å². The standard InChI is InChI=1S/C25H25F2N5O4/c26-23(27)16-2-1-3-17(12-16)24(35)29-25-28-20-13-19(31-10-11-36-14-22(31)34)4-5-21(20)32(25)18-6-8-30(15-33)9-7-18/h1-5,12-13,15,18,23H,6-11,14H2,(H,28,29,35). The molecule has 0 spiro atoms. The number of amides is 3. The summed E-state index contributed by atoms with van der Waals surface area (Å²) in [5.74, 6) is -0.413. The first-order valence-electron chi connectivity index (χ1n) is 11.7. The summed E-state index contributed by atoms with van der Waals surface area (Å²) in [7, 11) is 0. The Morgan fingerprint density at radius 1 is 1.14 bits per heavy atom. The summed E-state index contributed by atoms with van der Waals surface area (Å²) in [6, 6.07) is 10.8. The lowest BCUT2D eigenvalue weighted by Gasteiger charge is -2.31. The molecule has 0 atom stereocenters. The fourth-order valence-corrected chi connectivity index (χ4v) is 4.74. The second-order valence-corrected chi connectivity index (χ2v) is 8.83. The molecule has 2 aliphatic rings. The van der Waals surface area contributed by atoms with E-state index in [1.54, 1.807) is 15.9 Å². The van der Waals surface area contributed by atoms with Crippen LogP contribution in [0.5, 0.6) is 0 Å². The topological polar surface area (TPSA) is 96.8 Å². The number of benzene rings is 2. The predicted molar refractivity (Wildman–Crippen MR) is 128 cm³/mol. The van der Waals surface area contributed by atoms with E-state index in [0.29, 0.717) is 50.3 Å². The molecule has 3 aromatic rings. The van der Waals surface area contributed by atoms with Gasteiger partial charge in [-0.25, -0.2) is 13.8 Å². The molecule has 11 heteroatoms. The number of morpholine rings is 1. The minimum atomic E-state index is -2.69. The van der Waals surface area contributed by atoms with Crippen LogP contribution >= 0.6 is 0 Å². The zero-order chi connectivity index (χ0) is 25.2. The Kier molecular flexibility index (Phi) is 6.64. The number of nitrogens with one attached hydrogen (secondary N) is 1. The second kappa shape index (κ2) is 10.0. The first kappa shape index (κ1) is 23.9. The SMILES string of the molecule is O=CN1CCC(n2c(NC(=O)c3cccc(C(F)F)c3)nc3cc(N4CCOCC4=O)ccc32)CC1. The molecule has 3 heterocycles. The molecule has 188 valence electrons. The summed E-state index contributed by atoms with van der Waals surface area (Å²) in [5, 5.41) is 2.80. The van der Waals surface area contributed by atoms with E-state index in [4.69, 9.17) is 4.74 Å². The number of hydrogen-bond donors (Lipinski definition) is 1. The zero-order valence-corrected chi connectivity index (χ0v) is 19.4. The third kappa shape index (κ3) is 4.66. The van der Waals surface area contributed by atoms with Crippen molar-refractivity contribution in [1.82, 2.24) is 14.5 Å². The summed E-state index contributed by atoms with van der Waals surface area (Å²) >= 11 is 0. The molecule has 1 aromatic heterocycles. The highest BCUT2D eigenvalue weighted by atomic mass is 19.3. The van der Waals surface area contributed by atoms with Gasteiger partial charge in [-0.05, 0) is 43.2 Å². The Hall–Kier alpha value is -3.86. The van der Waals surface area contributed by atoms with Gasteiger partial charge in [-0.15, -0.1) is 0 Å². The molecule has 2 saturated heterocycles. The van der Waals surface area contributed by atoms with E-state index >= 15 is 0 Å². The van der Waals surface area contributed by atoms with E-state index < -0.39 is 12.3 Å². The minimum absolute atomic E-state index is 0.0147. The Balaban J connectivity index is 1.51. The van der Waals surface area contributed by atoms with E-state index in [2.05, 4.69) is 10.3 Å². The van der Waals surface area contributed by atoms with E-state index in [1.165, 1.54) is 18.2 Å². The van der Waals surface area contributed by atoms with Gasteiger partial charge in [0.15, 0.2) is 0 Å². The summed E-state index contributed by atoms with van der Waals surface area (Å²) < 4.78 is 33.4. The number of carbonyl (C=O) groups excluding carboxylic acids is 3. The largest absolute Gasteiger partial charge is 0.370 e. The highest BCUT2D eigenvalue weighted by molar-refractivity contribution is 6.04. The summed E-state index contributed by atoms with van der Waals surface area (Å²) in [6.07, 6.45) is -0.534. The zero-order valence-electron chi connectivity index (χ0n) is 19.4. The van der Waals surface area contributed by atoms with Crippen molar-refractivity contribution in [3.8, 4) is 0 Å². The van der Waals surface area contributed by atoms with E-state index in [9.17, 15) is 23.2 Å². The lowest BCUT2D eigenvalue weighted by Crippen LogP contribution is -2.41. The molecule has 0 unspecified atom stereocenters. The van der Waals surface area contributed by atoms with Gasteiger partial charge in [-0.1, -0.05) is 12.1 Å². The summed E-state index contributed by atoms with van der Waals surface area (Å²) in [4.78, 5) is 44.5. The van der Waals surface area contributed by atoms with Crippen molar-refractivity contribution in [3.05, 3.63) is 53.6 Å². The van der Waals surface area contributed by atoms with Gasteiger partial charge in [0, 0.05) is 42.5 Å². The molecule has 2 fully saturated rings. The number of fused-ring (bicyclic) bond motifs is 1. The van der Waals surface area contributed by atoms with Gasteiger partial charge in [0.25, 0.3) is 18.2 Å². The van der Waals surface area contributed by atoms with Gasteiger partial charge in [0.05, 0.1) is 17.6 Å². The number of nitrogens with zero attached hydrogens (tertiary/aromatic N) is 4. The molecule has 0 bridgehead atoms. The van der Waals surface area contributed by atoms with Crippen LogP contribution in [0.4, 0.5) is 20.4 Å². The third-order valence-corrected chi connectivity index (χ3v) is 6.61. The lowest BCUT2D eigenvalue weighted by molar-refractivity contribution is -0.125. The number of likely N-dealkylation sites (tertiary alicyclic amines) is 1. The van der Waals surface area contributed by atoms with Crippen molar-refractivity contribution < 1.29 is 27.9 Å². The van der Waals surface area contributed by atoms with Crippen LogP contribution in [-0.4, -0.2) is 65.5 Å². The average molecular weight is 498 g/mol. The number of piperidine rings is 1. The summed E-state index contributed by atoms with van der Waals surface area (Å²) in [5.41, 5.74) is 1.89. The quantitative estimate of drug-likeness (QED) is 0.527. The molecule has 2 aromatic carbocycles. The molecule has 9 nitrogen and oxygen atoms in total. The smallest absolute Gasteiger partial charge is 0.263 e. The molecule has 0 radical (unpaired) electrons. The van der Waals surface area contributed by atoms with E-state index in [0.717, 1.165) is 18.0 Å². The van der Waals surface area contributed by atoms with Crippen LogP contribution in [0, 0.1) is 0 Å². The number of carbonyl (C=O) groups is 3. The van der Waals surface area contributed by atoms with E-state index in [-0.39, 0.29) is 35.6 Å². The fourth-order valence-electron chi connectivity index (χ4n) is 4.74. The number of rotatable bonds is 6. The van der Waals surface area contributed by atoms with E-state index in [1.807, 2.05) is 16.7 Å². The third-order valence-electron chi connectivity index (χ3n) is 6.61. The molecular weight excluding hydrogens is 472 g/mol. The Bertz CT molecular complexity index is 1300. The van der Waals surface area contributed by atoms with Gasteiger partial charge < -0.3 is 19.1 Å². The van der Waals surface area contributed by atoms with Crippen LogP contribution in [-0.2, 0) is 14.3 Å². The predicted octanol–water partition coefficient (Wildman–Crippen LogP) is 3.38. The maximum absolute atomic E-state index is 13.2. The first-order chi connectivity index (χ1) is 17.4. The average Bonchev–Trinajstić information content (AvgIpc) is 3.26. The number of ether oxygens (including phenoxy) is 1. The Morgan fingerprint density at radius 2 is 1.94 bits per heavy atom. The maximum Gasteiger partial charge on any atom is 0.263 e. The van der Waals surface area contributed by atoms with Crippen LogP contribution in [0.2, 0.25) is 0 Å². The van der Waals surface area contributed by atoms with Crippen LogP contribution in [0.3, 0.4) is 0 Å². The van der Waals surface area contributed by atoms with Crippen LogP contribution in [0.15, 0.2) is 42.5 Å². The molecule has 1 N–H and O–H groups in total. The lowest BCUT2D eigenvalue weighted by atomic mass is 10.0. The van der Waals surface area contributed by atoms with Gasteiger partial charge in [0.1, 0.15) is 6.61 Å². The minimum Gasteiger partial charge on any atom is -0.370 e. The number of imidazole rings is 1. The Morgan fingerprint density at radius 3 is 2.67 bits per heavy atom. The highest BCUT2D eigenvalue weighted by Gasteiger charge is 2.27. The molecule has 0 saturated carbocycles. The Labute approximate surface area is 205 Å². The molecule has 36 heavy (non-hydrogen) atoms. The molecular formula is C25H25F2N5O4. The number of anilines is 2. The van der Waals surface area contributed by atoms with Crippen molar-refractivity contribution >= 4 is 40.9 Å². The molecule has 0 aliphatic carbocycles. The molecule has 5 rings (SSSR count). The van der Waals surface area contributed by atoms with Gasteiger partial charge in [0.2, 0.25) is 12.4 Å². The van der Waals surface area contributed by atoms with Crippen molar-refractivity contribution in [3.63, 3.8) is 0 Å². The van der Waals surface area contributed by atoms with Crippen molar-refractivity contribution in [2.45, 2.75) is 25.3 Å². The van der Waals surface area contributed by atoms with Crippen molar-refractivity contribution in [2.75, 3.05) is 43.1 Å². The number of aromatic nitrogens is 2. The molecule has 3 amide bonds. The van der Waals surface area contributed by atoms with Crippen LogP contribution in [0.1, 0.15) is 41.2 Å². The maximum atomic E-state index is 13.2. The fraction of sp³-hybridized carbons (Fsp3) is 0.360. The number of alkyl halides is 2. The second-order valence-electron chi connectivity index (χ2n) is 8.83. The van der Waals surface area contributed by atoms with Gasteiger partial charge in [-0.2, -0.15) is 0 Å². The van der Waals surface area contributed by atoms with Gasteiger partial charge >= 0.3 is 0 Å². The van der Waals surface area contributed by atoms with Crippen molar-refractivity contribution in [1.29, 1.82) is 0 Å². The number of hydrogen-bond acceptors (Lipinski definition) is 5. The van der Waals surface area contributed by atoms with Gasteiger partial charge in [-0.3, -0.25) is 19.7 Å². The van der Waals surface area contributed by atoms with Crippen LogP contribution < -0.4 is 10.2 Å². The molecule has 2 aliphatic heterocycles. The number of halogens is 2. The normalized spacial score (nSPS) is 17.1. The monoisotopic (exact) mass is 497 g/mol. The highest BCUT2D eigenvalue weighted by Crippen LogP contribution is 2.33. The summed E-state index contributed by atoms with van der Waals surface area (Å²) in [6.45, 7) is 2.02.